The lowest BCUT2D eigenvalue weighted by Crippen LogP contribution is -2.17. The molecule has 0 aliphatic heterocycles. The minimum Gasteiger partial charge on any atom is -0.350 e. The lowest BCUT2D eigenvalue weighted by molar-refractivity contribution is -0.384. The van der Waals surface area contributed by atoms with Gasteiger partial charge in [0.1, 0.15) is 0 Å². The van der Waals surface area contributed by atoms with Gasteiger partial charge in [-0.15, -0.1) is 0 Å². The van der Waals surface area contributed by atoms with E-state index in [2.05, 4.69) is 0 Å². The molecular formula is C14H17N3O2. The fourth-order valence-electron chi connectivity index (χ4n) is 2.06. The lowest BCUT2D eigenvalue weighted by Gasteiger charge is -2.04. The molecule has 0 saturated heterocycles. The van der Waals surface area contributed by atoms with Gasteiger partial charge >= 0.3 is 0 Å². The van der Waals surface area contributed by atoms with Crippen molar-refractivity contribution in [1.29, 1.82) is 0 Å². The van der Waals surface area contributed by atoms with E-state index in [1.165, 1.54) is 11.6 Å². The second-order valence-corrected chi connectivity index (χ2v) is 4.80. The third-order valence-electron chi connectivity index (χ3n) is 2.86. The summed E-state index contributed by atoms with van der Waals surface area (Å²) in [7, 11) is 0. The highest BCUT2D eigenvalue weighted by molar-refractivity contribution is 5.34. The molecular weight excluding hydrogens is 242 g/mol. The number of nitrogens with zero attached hydrogens (tertiary/aromatic N) is 2. The molecule has 2 aromatic rings. The van der Waals surface area contributed by atoms with E-state index in [-0.39, 0.29) is 16.7 Å². The van der Waals surface area contributed by atoms with Crippen molar-refractivity contribution in [2.24, 2.45) is 5.73 Å². The van der Waals surface area contributed by atoms with Crippen LogP contribution in [0, 0.1) is 10.1 Å². The van der Waals surface area contributed by atoms with Crippen molar-refractivity contribution >= 4 is 5.69 Å². The van der Waals surface area contributed by atoms with Crippen molar-refractivity contribution in [2.75, 3.05) is 0 Å². The molecule has 100 valence electrons. The van der Waals surface area contributed by atoms with Gasteiger partial charge in [-0.2, -0.15) is 0 Å². The Hall–Kier alpha value is -2.14. The highest BCUT2D eigenvalue weighted by Gasteiger charge is 2.06. The summed E-state index contributed by atoms with van der Waals surface area (Å²) >= 11 is 0. The van der Waals surface area contributed by atoms with Gasteiger partial charge in [0.15, 0.2) is 0 Å². The van der Waals surface area contributed by atoms with Crippen molar-refractivity contribution < 1.29 is 4.92 Å². The van der Waals surface area contributed by atoms with Crippen LogP contribution in [0.25, 0.3) is 0 Å². The van der Waals surface area contributed by atoms with E-state index in [0.717, 1.165) is 12.0 Å². The van der Waals surface area contributed by atoms with E-state index < -0.39 is 0 Å². The number of rotatable bonds is 5. The highest BCUT2D eigenvalue weighted by atomic mass is 16.6. The van der Waals surface area contributed by atoms with Gasteiger partial charge in [0.05, 0.1) is 4.92 Å². The van der Waals surface area contributed by atoms with Crippen LogP contribution in [0.15, 0.2) is 42.7 Å². The molecule has 1 aromatic carbocycles. The van der Waals surface area contributed by atoms with Gasteiger partial charge in [0.2, 0.25) is 0 Å². The first kappa shape index (κ1) is 13.3. The Balaban J connectivity index is 2.10. The number of non-ortho nitro benzene ring substituents is 1. The molecule has 0 spiro atoms. The van der Waals surface area contributed by atoms with Crippen molar-refractivity contribution in [3.8, 4) is 0 Å². The molecule has 0 radical (unpaired) electrons. The standard InChI is InChI=1S/C14H17N3O2/c1-11(15)7-13-5-6-16(10-13)9-12-3-2-4-14(8-12)17(18)19/h2-6,8,10-11H,7,9,15H2,1H3. The van der Waals surface area contributed by atoms with Crippen LogP contribution in [-0.4, -0.2) is 15.5 Å². The van der Waals surface area contributed by atoms with Crippen LogP contribution in [-0.2, 0) is 13.0 Å². The molecule has 2 rings (SSSR count). The van der Waals surface area contributed by atoms with E-state index in [1.807, 2.05) is 36.0 Å². The SMILES string of the molecule is CC(N)Cc1ccn(Cc2cccc([N+](=O)[O-])c2)c1. The molecule has 19 heavy (non-hydrogen) atoms. The molecule has 5 nitrogen and oxygen atoms in total. The van der Waals surface area contributed by atoms with E-state index >= 15 is 0 Å². The zero-order chi connectivity index (χ0) is 13.8. The van der Waals surface area contributed by atoms with Crippen LogP contribution in [0.4, 0.5) is 5.69 Å². The molecule has 1 atom stereocenters. The third kappa shape index (κ3) is 3.66. The van der Waals surface area contributed by atoms with Crippen molar-refractivity contribution in [1.82, 2.24) is 4.57 Å². The number of nitro groups is 1. The summed E-state index contributed by atoms with van der Waals surface area (Å²) in [5.74, 6) is 0. The normalized spacial score (nSPS) is 12.3. The van der Waals surface area contributed by atoms with E-state index in [4.69, 9.17) is 5.73 Å². The topological polar surface area (TPSA) is 74.1 Å². The maximum atomic E-state index is 10.7. The number of nitrogens with two attached hydrogens (primary N) is 1. The first-order valence-corrected chi connectivity index (χ1v) is 6.18. The van der Waals surface area contributed by atoms with Crippen LogP contribution in [0.2, 0.25) is 0 Å². The number of aromatic nitrogens is 1. The highest BCUT2D eigenvalue weighted by Crippen LogP contribution is 2.15. The largest absolute Gasteiger partial charge is 0.350 e. The van der Waals surface area contributed by atoms with Crippen molar-refractivity contribution in [3.63, 3.8) is 0 Å². The second kappa shape index (κ2) is 5.67. The van der Waals surface area contributed by atoms with Gasteiger partial charge in [-0.3, -0.25) is 10.1 Å². The molecule has 0 saturated carbocycles. The van der Waals surface area contributed by atoms with E-state index in [0.29, 0.717) is 6.54 Å². The number of hydrogen-bond donors (Lipinski definition) is 1. The zero-order valence-electron chi connectivity index (χ0n) is 10.8. The Morgan fingerprint density at radius 1 is 1.37 bits per heavy atom. The summed E-state index contributed by atoms with van der Waals surface area (Å²) in [6.45, 7) is 2.60. The molecule has 0 amide bonds. The molecule has 2 N–H and O–H groups in total. The molecule has 0 bridgehead atoms. The minimum atomic E-state index is -0.374. The van der Waals surface area contributed by atoms with Gasteiger partial charge in [0, 0.05) is 37.1 Å². The molecule has 5 heteroatoms. The Morgan fingerprint density at radius 3 is 2.84 bits per heavy atom. The summed E-state index contributed by atoms with van der Waals surface area (Å²) in [4.78, 5) is 10.3. The van der Waals surface area contributed by atoms with Crippen molar-refractivity contribution in [2.45, 2.75) is 25.9 Å². The van der Waals surface area contributed by atoms with Gasteiger partial charge in [-0.25, -0.2) is 0 Å². The number of nitro benzene ring substituents is 1. The zero-order valence-corrected chi connectivity index (χ0v) is 10.8. The van der Waals surface area contributed by atoms with Crippen molar-refractivity contribution in [3.05, 3.63) is 64.0 Å². The molecule has 1 heterocycles. The van der Waals surface area contributed by atoms with E-state index in [9.17, 15) is 10.1 Å². The minimum absolute atomic E-state index is 0.125. The van der Waals surface area contributed by atoms with Crippen LogP contribution < -0.4 is 5.73 Å². The Kier molecular flexibility index (Phi) is 3.97. The maximum Gasteiger partial charge on any atom is 0.269 e. The summed E-state index contributed by atoms with van der Waals surface area (Å²) in [5.41, 5.74) is 7.98. The molecule has 1 unspecified atom stereocenters. The smallest absolute Gasteiger partial charge is 0.269 e. The summed E-state index contributed by atoms with van der Waals surface area (Å²) in [6, 6.07) is 8.86. The average molecular weight is 259 g/mol. The Bertz CT molecular complexity index is 576. The lowest BCUT2D eigenvalue weighted by atomic mass is 10.1. The second-order valence-electron chi connectivity index (χ2n) is 4.80. The summed E-state index contributed by atoms with van der Waals surface area (Å²) < 4.78 is 2.01. The average Bonchev–Trinajstić information content (AvgIpc) is 2.76. The predicted molar refractivity (Wildman–Crippen MR) is 74.0 cm³/mol. The molecule has 1 aromatic heterocycles. The van der Waals surface area contributed by atoms with Crippen LogP contribution >= 0.6 is 0 Å². The first-order chi connectivity index (χ1) is 9.04. The fraction of sp³-hybridized carbons (Fsp3) is 0.286. The third-order valence-corrected chi connectivity index (χ3v) is 2.86. The predicted octanol–water partition coefficient (Wildman–Crippen LogP) is 2.33. The fourth-order valence-corrected chi connectivity index (χ4v) is 2.06. The maximum absolute atomic E-state index is 10.7. The van der Waals surface area contributed by atoms with Gasteiger partial charge in [-0.1, -0.05) is 12.1 Å². The molecule has 0 aliphatic carbocycles. The molecule has 0 aliphatic rings. The van der Waals surface area contributed by atoms with Gasteiger partial charge in [0.25, 0.3) is 5.69 Å². The van der Waals surface area contributed by atoms with Crippen LogP contribution in [0.1, 0.15) is 18.1 Å². The van der Waals surface area contributed by atoms with E-state index in [1.54, 1.807) is 12.1 Å². The van der Waals surface area contributed by atoms with Gasteiger partial charge < -0.3 is 10.3 Å². The van der Waals surface area contributed by atoms with Crippen LogP contribution in [0.5, 0.6) is 0 Å². The summed E-state index contributed by atoms with van der Waals surface area (Å²) in [6.07, 6.45) is 4.83. The first-order valence-electron chi connectivity index (χ1n) is 6.18. The quantitative estimate of drug-likeness (QED) is 0.661. The Labute approximate surface area is 111 Å². The van der Waals surface area contributed by atoms with Crippen LogP contribution in [0.3, 0.4) is 0 Å². The Morgan fingerprint density at radius 2 is 2.16 bits per heavy atom. The number of benzene rings is 1. The molecule has 0 fully saturated rings. The van der Waals surface area contributed by atoms with Gasteiger partial charge in [-0.05, 0) is 30.5 Å². The summed E-state index contributed by atoms with van der Waals surface area (Å²) in [5, 5.41) is 10.7. The number of hydrogen-bond acceptors (Lipinski definition) is 3. The monoisotopic (exact) mass is 259 g/mol.